The topological polar surface area (TPSA) is 77.8 Å². The smallest absolute Gasteiger partial charge is 0.408 e. The highest BCUT2D eigenvalue weighted by Gasteiger charge is 2.34. The van der Waals surface area contributed by atoms with Gasteiger partial charge in [0.25, 0.3) is 0 Å². The zero-order valence-electron chi connectivity index (χ0n) is 8.46. The third-order valence-corrected chi connectivity index (χ3v) is 2.78. The molecule has 1 aliphatic heterocycles. The summed E-state index contributed by atoms with van der Waals surface area (Å²) >= 11 is 0. The first-order chi connectivity index (χ1) is 7.59. The number of benzene rings is 1. The van der Waals surface area contributed by atoms with Crippen LogP contribution in [0.3, 0.4) is 0 Å². The fourth-order valence-corrected chi connectivity index (χ4v) is 1.94. The van der Waals surface area contributed by atoms with Crippen molar-refractivity contribution in [1.29, 1.82) is 0 Å². The minimum absolute atomic E-state index is 0.141. The zero-order chi connectivity index (χ0) is 11.7. The Balaban J connectivity index is 2.37. The fraction of sp³-hybridized carbons (Fsp3) is 0.273. The van der Waals surface area contributed by atoms with E-state index in [1.165, 1.54) is 0 Å². The van der Waals surface area contributed by atoms with Crippen molar-refractivity contribution in [2.45, 2.75) is 19.0 Å². The highest BCUT2D eigenvalue weighted by atomic mass is 16.4. The number of fused-ring (bicyclic) bond motifs is 1. The Morgan fingerprint density at radius 1 is 1.19 bits per heavy atom. The van der Waals surface area contributed by atoms with E-state index in [0.29, 0.717) is 0 Å². The van der Waals surface area contributed by atoms with Crippen LogP contribution in [0, 0.1) is 0 Å². The van der Waals surface area contributed by atoms with Gasteiger partial charge >= 0.3 is 12.1 Å². The highest BCUT2D eigenvalue weighted by Crippen LogP contribution is 2.23. The number of hydrogen-bond acceptors (Lipinski definition) is 2. The molecule has 2 N–H and O–H groups in total. The molecule has 0 aromatic heterocycles. The van der Waals surface area contributed by atoms with Crippen LogP contribution < -0.4 is 0 Å². The van der Waals surface area contributed by atoms with Gasteiger partial charge in [0, 0.05) is 6.42 Å². The maximum atomic E-state index is 11.0. The van der Waals surface area contributed by atoms with Gasteiger partial charge < -0.3 is 10.2 Å². The van der Waals surface area contributed by atoms with Crippen LogP contribution in [0.4, 0.5) is 4.79 Å². The molecule has 1 atom stereocenters. The van der Waals surface area contributed by atoms with Gasteiger partial charge in [-0.3, -0.25) is 4.90 Å². The van der Waals surface area contributed by atoms with E-state index in [-0.39, 0.29) is 13.0 Å². The molecular formula is C11H11NO4. The lowest BCUT2D eigenvalue weighted by atomic mass is 9.94. The Bertz CT molecular complexity index is 402. The quantitative estimate of drug-likeness (QED) is 0.746. The molecule has 1 aromatic carbocycles. The number of carbonyl (C=O) groups is 2. The SMILES string of the molecule is O=C(O)C1Cc2ccccc2CN1C(=O)O. The molecule has 0 saturated carbocycles. The lowest BCUT2D eigenvalue weighted by molar-refractivity contribution is -0.143. The normalized spacial score (nSPS) is 19.0. The van der Waals surface area contributed by atoms with E-state index in [9.17, 15) is 9.59 Å². The summed E-state index contributed by atoms with van der Waals surface area (Å²) < 4.78 is 0. The van der Waals surface area contributed by atoms with Crippen molar-refractivity contribution in [2.75, 3.05) is 0 Å². The Morgan fingerprint density at radius 3 is 2.38 bits per heavy atom. The molecule has 0 spiro atoms. The molecule has 0 aliphatic carbocycles. The predicted octanol–water partition coefficient (Wildman–Crippen LogP) is 1.18. The van der Waals surface area contributed by atoms with Gasteiger partial charge in [-0.05, 0) is 11.1 Å². The molecule has 1 aliphatic rings. The molecule has 2 rings (SSSR count). The first kappa shape index (κ1) is 10.5. The zero-order valence-corrected chi connectivity index (χ0v) is 8.46. The van der Waals surface area contributed by atoms with Gasteiger partial charge in [0.2, 0.25) is 0 Å². The molecule has 1 aromatic rings. The molecule has 0 radical (unpaired) electrons. The van der Waals surface area contributed by atoms with E-state index >= 15 is 0 Å². The van der Waals surface area contributed by atoms with Crippen LogP contribution in [0.15, 0.2) is 24.3 Å². The van der Waals surface area contributed by atoms with Crippen molar-refractivity contribution in [3.05, 3.63) is 35.4 Å². The average Bonchev–Trinajstić information content (AvgIpc) is 2.27. The standard InChI is InChI=1S/C11H11NO4/c13-10(14)9-5-7-3-1-2-4-8(7)6-12(9)11(15)16/h1-4,9H,5-6H2,(H,13,14)(H,15,16). The molecular weight excluding hydrogens is 210 g/mol. The van der Waals surface area contributed by atoms with Gasteiger partial charge in [0.15, 0.2) is 0 Å². The Hall–Kier alpha value is -2.04. The third kappa shape index (κ3) is 1.71. The van der Waals surface area contributed by atoms with Crippen molar-refractivity contribution in [3.8, 4) is 0 Å². The van der Waals surface area contributed by atoms with Gasteiger partial charge in [-0.25, -0.2) is 9.59 Å². The number of aliphatic carboxylic acids is 1. The van der Waals surface area contributed by atoms with Crippen LogP contribution in [-0.2, 0) is 17.8 Å². The molecule has 1 heterocycles. The second kappa shape index (κ2) is 3.84. The Kier molecular flexibility index (Phi) is 2.52. The predicted molar refractivity (Wildman–Crippen MR) is 55.1 cm³/mol. The van der Waals surface area contributed by atoms with Crippen molar-refractivity contribution in [3.63, 3.8) is 0 Å². The van der Waals surface area contributed by atoms with E-state index < -0.39 is 18.1 Å². The number of carboxylic acids is 1. The number of nitrogens with zero attached hydrogens (tertiary/aromatic N) is 1. The van der Waals surface area contributed by atoms with Gasteiger partial charge in [-0.1, -0.05) is 24.3 Å². The van der Waals surface area contributed by atoms with Crippen LogP contribution >= 0.6 is 0 Å². The van der Waals surface area contributed by atoms with E-state index in [0.717, 1.165) is 16.0 Å². The second-order valence-electron chi connectivity index (χ2n) is 3.74. The van der Waals surface area contributed by atoms with E-state index in [1.54, 1.807) is 0 Å². The maximum absolute atomic E-state index is 11.0. The maximum Gasteiger partial charge on any atom is 0.408 e. The largest absolute Gasteiger partial charge is 0.480 e. The van der Waals surface area contributed by atoms with Crippen molar-refractivity contribution in [2.24, 2.45) is 0 Å². The number of hydrogen-bond donors (Lipinski definition) is 2. The minimum atomic E-state index is -1.19. The summed E-state index contributed by atoms with van der Waals surface area (Å²) in [6.07, 6.45) is -0.959. The summed E-state index contributed by atoms with van der Waals surface area (Å²) in [7, 11) is 0. The molecule has 16 heavy (non-hydrogen) atoms. The summed E-state index contributed by atoms with van der Waals surface area (Å²) in [6, 6.07) is 6.33. The lowest BCUT2D eigenvalue weighted by Crippen LogP contribution is -2.48. The van der Waals surface area contributed by atoms with Crippen molar-refractivity contribution >= 4 is 12.1 Å². The lowest BCUT2D eigenvalue weighted by Gasteiger charge is -2.32. The van der Waals surface area contributed by atoms with Crippen LogP contribution in [0.1, 0.15) is 11.1 Å². The second-order valence-corrected chi connectivity index (χ2v) is 3.74. The molecule has 5 nitrogen and oxygen atoms in total. The molecule has 0 saturated heterocycles. The third-order valence-electron chi connectivity index (χ3n) is 2.78. The number of rotatable bonds is 1. The van der Waals surface area contributed by atoms with Gasteiger partial charge in [0.05, 0.1) is 6.54 Å². The molecule has 0 fully saturated rings. The summed E-state index contributed by atoms with van der Waals surface area (Å²) in [6.45, 7) is 0.141. The summed E-state index contributed by atoms with van der Waals surface area (Å²) in [5, 5.41) is 17.9. The van der Waals surface area contributed by atoms with E-state index in [1.807, 2.05) is 24.3 Å². The number of amides is 1. The molecule has 5 heteroatoms. The monoisotopic (exact) mass is 221 g/mol. The van der Waals surface area contributed by atoms with Gasteiger partial charge in [0.1, 0.15) is 6.04 Å². The summed E-state index contributed by atoms with van der Waals surface area (Å²) in [5.41, 5.74) is 1.79. The Labute approximate surface area is 91.9 Å². The summed E-state index contributed by atoms with van der Waals surface area (Å²) in [4.78, 5) is 22.9. The van der Waals surface area contributed by atoms with Crippen LogP contribution in [0.25, 0.3) is 0 Å². The van der Waals surface area contributed by atoms with Crippen molar-refractivity contribution in [1.82, 2.24) is 4.90 Å². The number of carboxylic acid groups (broad SMARTS) is 2. The Morgan fingerprint density at radius 2 is 1.81 bits per heavy atom. The first-order valence-electron chi connectivity index (χ1n) is 4.88. The van der Waals surface area contributed by atoms with E-state index in [4.69, 9.17) is 10.2 Å². The molecule has 1 amide bonds. The highest BCUT2D eigenvalue weighted by molar-refractivity contribution is 5.80. The fourth-order valence-electron chi connectivity index (χ4n) is 1.94. The van der Waals surface area contributed by atoms with Crippen molar-refractivity contribution < 1.29 is 19.8 Å². The van der Waals surface area contributed by atoms with Gasteiger partial charge in [-0.2, -0.15) is 0 Å². The average molecular weight is 221 g/mol. The molecule has 1 unspecified atom stereocenters. The minimum Gasteiger partial charge on any atom is -0.480 e. The van der Waals surface area contributed by atoms with E-state index in [2.05, 4.69) is 0 Å². The first-order valence-corrected chi connectivity index (χ1v) is 4.88. The summed E-state index contributed by atoms with van der Waals surface area (Å²) in [5.74, 6) is -1.10. The van der Waals surface area contributed by atoms with Crippen LogP contribution in [0.2, 0.25) is 0 Å². The molecule has 84 valence electrons. The van der Waals surface area contributed by atoms with Crippen LogP contribution in [0.5, 0.6) is 0 Å². The molecule has 0 bridgehead atoms. The van der Waals surface area contributed by atoms with Crippen LogP contribution in [-0.4, -0.2) is 33.2 Å². The van der Waals surface area contributed by atoms with Gasteiger partial charge in [-0.15, -0.1) is 0 Å².